The number of hydrogen-bond donors (Lipinski definition) is 1. The Labute approximate surface area is 151 Å². The number of anilines is 2. The van der Waals surface area contributed by atoms with Crippen LogP contribution >= 0.6 is 0 Å². The number of amides is 2. The van der Waals surface area contributed by atoms with E-state index in [-0.39, 0.29) is 12.6 Å². The lowest BCUT2D eigenvalue weighted by Crippen LogP contribution is -2.36. The van der Waals surface area contributed by atoms with Gasteiger partial charge in [-0.1, -0.05) is 19.1 Å². The first-order valence-electron chi connectivity index (χ1n) is 8.10. The van der Waals surface area contributed by atoms with E-state index in [2.05, 4.69) is 10.3 Å². The van der Waals surface area contributed by atoms with Crippen LogP contribution in [0.3, 0.4) is 0 Å². The van der Waals surface area contributed by atoms with Gasteiger partial charge in [-0.3, -0.25) is 0 Å². The Morgan fingerprint density at radius 3 is 2.63 bits per heavy atom. The number of benzene rings is 2. The zero-order chi connectivity index (χ0) is 19.6. The molecule has 0 spiro atoms. The molecule has 2 amide bonds. The van der Waals surface area contributed by atoms with Gasteiger partial charge in [0.15, 0.2) is 5.58 Å². The maximum absolute atomic E-state index is 13.2. The minimum atomic E-state index is -4.82. The summed E-state index contributed by atoms with van der Waals surface area (Å²) in [7, 11) is 0. The van der Waals surface area contributed by atoms with Crippen LogP contribution in [0.25, 0.3) is 11.1 Å². The molecule has 2 aromatic carbocycles. The second-order valence-corrected chi connectivity index (χ2v) is 5.73. The SMILES string of the molecule is CCCN(C(=O)Nc1ccc(F)cc1C(F)(F)F)c1nc2ccccc2o1. The topological polar surface area (TPSA) is 58.4 Å². The summed E-state index contributed by atoms with van der Waals surface area (Å²) in [4.78, 5) is 17.9. The molecule has 0 aliphatic heterocycles. The largest absolute Gasteiger partial charge is 0.423 e. The zero-order valence-electron chi connectivity index (χ0n) is 14.2. The van der Waals surface area contributed by atoms with Crippen LogP contribution in [0.2, 0.25) is 0 Å². The van der Waals surface area contributed by atoms with Gasteiger partial charge in [0.25, 0.3) is 0 Å². The Morgan fingerprint density at radius 1 is 1.22 bits per heavy atom. The van der Waals surface area contributed by atoms with Gasteiger partial charge in [-0.25, -0.2) is 14.1 Å². The zero-order valence-corrected chi connectivity index (χ0v) is 14.2. The standard InChI is InChI=1S/C18H15F4N3O2/c1-2-9-25(17-24-14-5-3-4-6-15(14)27-17)16(26)23-13-8-7-11(19)10-12(13)18(20,21)22/h3-8,10H,2,9H2,1H3,(H,23,26). The number of carbonyl (C=O) groups is 1. The first-order valence-corrected chi connectivity index (χ1v) is 8.10. The molecular weight excluding hydrogens is 366 g/mol. The van der Waals surface area contributed by atoms with E-state index in [1.807, 2.05) is 0 Å². The number of rotatable bonds is 4. The lowest BCUT2D eigenvalue weighted by molar-refractivity contribution is -0.137. The van der Waals surface area contributed by atoms with Gasteiger partial charge in [0.2, 0.25) is 0 Å². The Kier molecular flexibility index (Phi) is 5.02. The molecule has 0 fully saturated rings. The van der Waals surface area contributed by atoms with Gasteiger partial charge in [0.05, 0.1) is 11.3 Å². The van der Waals surface area contributed by atoms with Gasteiger partial charge < -0.3 is 9.73 Å². The second kappa shape index (κ2) is 7.26. The molecule has 0 aliphatic rings. The van der Waals surface area contributed by atoms with Crippen LogP contribution in [-0.4, -0.2) is 17.6 Å². The van der Waals surface area contributed by atoms with Crippen LogP contribution in [0.15, 0.2) is 46.9 Å². The van der Waals surface area contributed by atoms with Crippen LogP contribution in [0, 0.1) is 5.82 Å². The van der Waals surface area contributed by atoms with E-state index in [4.69, 9.17) is 4.42 Å². The molecule has 1 heterocycles. The molecule has 0 saturated carbocycles. The van der Waals surface area contributed by atoms with Crippen molar-refractivity contribution in [3.05, 3.63) is 53.8 Å². The van der Waals surface area contributed by atoms with Gasteiger partial charge >= 0.3 is 18.2 Å². The summed E-state index contributed by atoms with van der Waals surface area (Å²) in [6.45, 7) is 1.96. The average Bonchev–Trinajstić information content (AvgIpc) is 3.03. The third-order valence-corrected chi connectivity index (χ3v) is 3.73. The van der Waals surface area contributed by atoms with Crippen molar-refractivity contribution >= 4 is 28.8 Å². The summed E-state index contributed by atoms with van der Waals surface area (Å²) in [5.41, 5.74) is -0.866. The molecule has 3 aromatic rings. The fourth-order valence-electron chi connectivity index (χ4n) is 2.53. The molecule has 1 aromatic heterocycles. The lowest BCUT2D eigenvalue weighted by Gasteiger charge is -2.20. The monoisotopic (exact) mass is 381 g/mol. The van der Waals surface area contributed by atoms with Gasteiger partial charge in [-0.05, 0) is 36.8 Å². The second-order valence-electron chi connectivity index (χ2n) is 5.73. The van der Waals surface area contributed by atoms with Crippen molar-refractivity contribution in [3.8, 4) is 0 Å². The molecule has 3 rings (SSSR count). The highest BCUT2D eigenvalue weighted by atomic mass is 19.4. The fraction of sp³-hybridized carbons (Fsp3) is 0.222. The van der Waals surface area contributed by atoms with Crippen molar-refractivity contribution in [3.63, 3.8) is 0 Å². The molecule has 142 valence electrons. The molecule has 9 heteroatoms. The van der Waals surface area contributed by atoms with Crippen molar-refractivity contribution in [1.82, 2.24) is 4.98 Å². The van der Waals surface area contributed by atoms with E-state index in [1.165, 1.54) is 0 Å². The van der Waals surface area contributed by atoms with Gasteiger partial charge in [0, 0.05) is 6.54 Å². The quantitative estimate of drug-likeness (QED) is 0.613. The Bertz CT molecular complexity index is 936. The molecule has 1 N–H and O–H groups in total. The number of alkyl halides is 3. The number of urea groups is 1. The molecule has 0 aliphatic carbocycles. The maximum Gasteiger partial charge on any atom is 0.418 e. The van der Waals surface area contributed by atoms with Crippen molar-refractivity contribution in [2.45, 2.75) is 19.5 Å². The number of carbonyl (C=O) groups excluding carboxylic acids is 1. The number of halogens is 4. The average molecular weight is 381 g/mol. The minimum absolute atomic E-state index is 0.0359. The predicted octanol–water partition coefficient (Wildman–Crippen LogP) is 5.43. The number of nitrogens with one attached hydrogen (secondary N) is 1. The van der Waals surface area contributed by atoms with Crippen molar-refractivity contribution in [2.24, 2.45) is 0 Å². The van der Waals surface area contributed by atoms with Crippen molar-refractivity contribution in [2.75, 3.05) is 16.8 Å². The molecule has 0 bridgehead atoms. The van der Waals surface area contributed by atoms with Crippen LogP contribution < -0.4 is 10.2 Å². The molecule has 0 radical (unpaired) electrons. The van der Waals surface area contributed by atoms with E-state index in [0.29, 0.717) is 23.6 Å². The number of para-hydroxylation sites is 2. The number of nitrogens with zero attached hydrogens (tertiary/aromatic N) is 2. The fourth-order valence-corrected chi connectivity index (χ4v) is 2.53. The highest BCUT2D eigenvalue weighted by molar-refractivity contribution is 6.01. The van der Waals surface area contributed by atoms with E-state index >= 15 is 0 Å². The third-order valence-electron chi connectivity index (χ3n) is 3.73. The predicted molar refractivity (Wildman–Crippen MR) is 92.1 cm³/mol. The lowest BCUT2D eigenvalue weighted by atomic mass is 10.1. The van der Waals surface area contributed by atoms with E-state index in [0.717, 1.165) is 17.0 Å². The van der Waals surface area contributed by atoms with Gasteiger partial charge in [0.1, 0.15) is 11.3 Å². The third kappa shape index (κ3) is 4.02. The van der Waals surface area contributed by atoms with Crippen LogP contribution in [-0.2, 0) is 6.18 Å². The Morgan fingerprint density at radius 2 is 1.96 bits per heavy atom. The summed E-state index contributed by atoms with van der Waals surface area (Å²) >= 11 is 0. The summed E-state index contributed by atoms with van der Waals surface area (Å²) in [5.74, 6) is -1.05. The number of oxazole rings is 1. The van der Waals surface area contributed by atoms with E-state index in [1.54, 1.807) is 31.2 Å². The summed E-state index contributed by atoms with van der Waals surface area (Å²) < 4.78 is 58.1. The van der Waals surface area contributed by atoms with Crippen LogP contribution in [0.4, 0.5) is 34.1 Å². The molecule has 0 atom stereocenters. The summed E-state index contributed by atoms with van der Waals surface area (Å²) in [6.07, 6.45) is -4.31. The van der Waals surface area contributed by atoms with Crippen molar-refractivity contribution in [1.29, 1.82) is 0 Å². The van der Waals surface area contributed by atoms with E-state index in [9.17, 15) is 22.4 Å². The van der Waals surface area contributed by atoms with Gasteiger partial charge in [-0.2, -0.15) is 18.2 Å². The molecule has 5 nitrogen and oxygen atoms in total. The van der Waals surface area contributed by atoms with Gasteiger partial charge in [-0.15, -0.1) is 0 Å². The van der Waals surface area contributed by atoms with Crippen molar-refractivity contribution < 1.29 is 26.8 Å². The van der Waals surface area contributed by atoms with E-state index < -0.39 is 29.3 Å². The molecule has 0 unspecified atom stereocenters. The molecular formula is C18H15F4N3O2. The van der Waals surface area contributed by atoms with Crippen LogP contribution in [0.5, 0.6) is 0 Å². The Hall–Kier alpha value is -3.10. The smallest absolute Gasteiger partial charge is 0.418 e. The highest BCUT2D eigenvalue weighted by Gasteiger charge is 2.35. The number of hydrogen-bond acceptors (Lipinski definition) is 3. The van der Waals surface area contributed by atoms with Crippen LogP contribution in [0.1, 0.15) is 18.9 Å². The highest BCUT2D eigenvalue weighted by Crippen LogP contribution is 2.35. The minimum Gasteiger partial charge on any atom is -0.423 e. The number of fused-ring (bicyclic) bond motifs is 1. The maximum atomic E-state index is 13.2. The Balaban J connectivity index is 1.93. The summed E-state index contributed by atoms with van der Waals surface area (Å²) in [5, 5.41) is 2.17. The molecule has 0 saturated heterocycles. The summed E-state index contributed by atoms with van der Waals surface area (Å²) in [6, 6.07) is 7.97. The first-order chi connectivity index (χ1) is 12.8. The molecule has 27 heavy (non-hydrogen) atoms. The first kappa shape index (κ1) is 18.7. The number of aromatic nitrogens is 1. The normalized spacial score (nSPS) is 11.6.